The fourth-order valence-electron chi connectivity index (χ4n) is 0.426. The fraction of sp³-hybridized carbons (Fsp3) is 1.00. The maximum Gasteiger partial charge on any atom is 0.110 e. The number of hydrogen-bond acceptors (Lipinski definition) is 1. The van der Waals surface area contributed by atoms with Gasteiger partial charge in [0.2, 0.25) is 0 Å². The molecule has 7 heavy (non-hydrogen) atoms. The second kappa shape index (κ2) is 2.28. The van der Waals surface area contributed by atoms with Crippen molar-refractivity contribution in [3.8, 4) is 0 Å². The van der Waals surface area contributed by atoms with Crippen molar-refractivity contribution < 1.29 is 5.11 Å². The van der Waals surface area contributed by atoms with Gasteiger partial charge in [0.15, 0.2) is 0 Å². The van der Waals surface area contributed by atoms with Crippen molar-refractivity contribution in [2.24, 2.45) is 0 Å². The van der Waals surface area contributed by atoms with Gasteiger partial charge in [0.05, 0.1) is 0 Å². The largest absolute Gasteiger partial charge is 0.317 e. The van der Waals surface area contributed by atoms with Crippen molar-refractivity contribution in [2.45, 2.75) is 19.4 Å². The normalized spacial score (nSPS) is 12.0. The number of nitrogens with one attached hydrogen (secondary N) is 1. The summed E-state index contributed by atoms with van der Waals surface area (Å²) in [5, 5.41) is 13.4. The highest BCUT2D eigenvalue weighted by Gasteiger charge is 2.11. The quantitative estimate of drug-likeness (QED) is 0.538. The molecule has 0 aliphatic heterocycles. The minimum Gasteiger partial charge on any atom is -0.317 e. The molecule has 2 heteroatoms. The molecule has 0 aromatic carbocycles. The van der Waals surface area contributed by atoms with Crippen LogP contribution in [0.1, 0.15) is 13.8 Å². The number of likely N-dealkylation sites (N-methyl/N-ethyl adjacent to an activating group) is 1. The highest BCUT2D eigenvalue weighted by Crippen LogP contribution is 1.96. The smallest absolute Gasteiger partial charge is 0.110 e. The average molecular weight is 102 g/mol. The van der Waals surface area contributed by atoms with Gasteiger partial charge in [-0.05, 0) is 20.9 Å². The summed E-state index contributed by atoms with van der Waals surface area (Å²) in [5.41, 5.74) is -0.811. The van der Waals surface area contributed by atoms with Gasteiger partial charge in [-0.2, -0.15) is 0 Å². The van der Waals surface area contributed by atoms with E-state index in [-0.39, 0.29) is 0 Å². The summed E-state index contributed by atoms with van der Waals surface area (Å²) in [7, 11) is 1.78. The summed E-state index contributed by atoms with van der Waals surface area (Å²) in [6, 6.07) is 0. The van der Waals surface area contributed by atoms with Crippen LogP contribution in [0.3, 0.4) is 0 Å². The zero-order valence-electron chi connectivity index (χ0n) is 5.12. The van der Waals surface area contributed by atoms with E-state index in [1.807, 2.05) is 0 Å². The highest BCUT2D eigenvalue weighted by molar-refractivity contribution is 4.65. The molecule has 0 saturated carbocycles. The molecular formula is C5H12NO. The average Bonchev–Trinajstić information content (AvgIpc) is 1.30. The summed E-state index contributed by atoms with van der Waals surface area (Å²) in [5.74, 6) is 0. The Balaban J connectivity index is 3.15. The minimum atomic E-state index is -0.811. The molecule has 0 unspecified atom stereocenters. The maximum absolute atomic E-state index is 10.6. The molecule has 0 fully saturated rings. The van der Waals surface area contributed by atoms with E-state index < -0.39 is 5.60 Å². The first-order chi connectivity index (χ1) is 3.06. The van der Waals surface area contributed by atoms with Crippen molar-refractivity contribution in [1.29, 1.82) is 0 Å². The van der Waals surface area contributed by atoms with E-state index >= 15 is 0 Å². The molecule has 0 spiro atoms. The van der Waals surface area contributed by atoms with Gasteiger partial charge < -0.3 is 5.32 Å². The molecular weight excluding hydrogens is 90.1 g/mol. The Morgan fingerprint density at radius 2 is 2.00 bits per heavy atom. The topological polar surface area (TPSA) is 31.9 Å². The second-order valence-electron chi connectivity index (χ2n) is 2.29. The molecule has 0 saturated heterocycles. The van der Waals surface area contributed by atoms with E-state index in [0.717, 1.165) is 0 Å². The molecule has 2 nitrogen and oxygen atoms in total. The summed E-state index contributed by atoms with van der Waals surface area (Å²) in [6.07, 6.45) is 0. The predicted octanol–water partition coefficient (Wildman–Crippen LogP) is 0.415. The molecule has 43 valence electrons. The third-order valence-corrected chi connectivity index (χ3v) is 0.602. The Morgan fingerprint density at radius 1 is 1.57 bits per heavy atom. The lowest BCUT2D eigenvalue weighted by Gasteiger charge is -2.11. The third kappa shape index (κ3) is 5.92. The van der Waals surface area contributed by atoms with E-state index in [4.69, 9.17) is 0 Å². The van der Waals surface area contributed by atoms with Crippen LogP contribution in [0.15, 0.2) is 0 Å². The van der Waals surface area contributed by atoms with Gasteiger partial charge in [-0.3, -0.25) is 0 Å². The molecule has 0 aliphatic rings. The first kappa shape index (κ1) is 6.92. The van der Waals surface area contributed by atoms with Crippen molar-refractivity contribution >= 4 is 0 Å². The molecule has 0 aromatic rings. The summed E-state index contributed by atoms with van der Waals surface area (Å²) in [4.78, 5) is 0. The van der Waals surface area contributed by atoms with Gasteiger partial charge in [-0.1, -0.05) is 0 Å². The van der Waals surface area contributed by atoms with Gasteiger partial charge in [0, 0.05) is 6.54 Å². The van der Waals surface area contributed by atoms with Crippen LogP contribution in [-0.2, 0) is 5.11 Å². The van der Waals surface area contributed by atoms with Crippen LogP contribution in [0.5, 0.6) is 0 Å². The van der Waals surface area contributed by atoms with Crippen molar-refractivity contribution in [2.75, 3.05) is 13.6 Å². The van der Waals surface area contributed by atoms with E-state index in [1.54, 1.807) is 20.9 Å². The van der Waals surface area contributed by atoms with Gasteiger partial charge in [-0.25, -0.2) is 5.11 Å². The van der Waals surface area contributed by atoms with Crippen LogP contribution >= 0.6 is 0 Å². The Hall–Kier alpha value is -0.0800. The molecule has 0 heterocycles. The molecule has 0 amide bonds. The molecule has 0 bridgehead atoms. The van der Waals surface area contributed by atoms with Crippen molar-refractivity contribution in [1.82, 2.24) is 5.32 Å². The Kier molecular flexibility index (Phi) is 2.26. The molecule has 0 rings (SSSR count). The van der Waals surface area contributed by atoms with Gasteiger partial charge in [0.25, 0.3) is 0 Å². The molecule has 0 atom stereocenters. The Bertz CT molecular complexity index is 46.5. The Labute approximate surface area is 44.5 Å². The first-order valence-electron chi connectivity index (χ1n) is 2.41. The molecule has 0 aliphatic carbocycles. The molecule has 1 N–H and O–H groups in total. The van der Waals surface area contributed by atoms with Crippen LogP contribution < -0.4 is 5.32 Å². The van der Waals surface area contributed by atoms with Gasteiger partial charge >= 0.3 is 0 Å². The zero-order valence-corrected chi connectivity index (χ0v) is 5.12. The number of hydrogen-bond donors (Lipinski definition) is 1. The van der Waals surface area contributed by atoms with E-state index in [1.165, 1.54) is 0 Å². The van der Waals surface area contributed by atoms with Gasteiger partial charge in [0.1, 0.15) is 5.60 Å². The zero-order chi connectivity index (χ0) is 5.91. The van der Waals surface area contributed by atoms with Crippen LogP contribution in [0.2, 0.25) is 0 Å². The lowest BCUT2D eigenvalue weighted by Crippen LogP contribution is -2.30. The molecule has 0 aromatic heterocycles. The summed E-state index contributed by atoms with van der Waals surface area (Å²) < 4.78 is 0. The lowest BCUT2D eigenvalue weighted by molar-refractivity contribution is 0.00675. The standard InChI is InChI=1S/C5H12NO/c1-5(2,7)4-6-3/h6H,4H2,1-3H3. The second-order valence-corrected chi connectivity index (χ2v) is 2.29. The van der Waals surface area contributed by atoms with E-state index in [2.05, 4.69) is 5.32 Å². The Morgan fingerprint density at radius 3 is 2.00 bits per heavy atom. The highest BCUT2D eigenvalue weighted by atomic mass is 16.3. The maximum atomic E-state index is 10.6. The SMILES string of the molecule is CNCC(C)(C)[O]. The van der Waals surface area contributed by atoms with Crippen LogP contribution in [-0.4, -0.2) is 19.2 Å². The van der Waals surface area contributed by atoms with Crippen LogP contribution in [0, 0.1) is 0 Å². The fourth-order valence-corrected chi connectivity index (χ4v) is 0.426. The predicted molar refractivity (Wildman–Crippen MR) is 28.7 cm³/mol. The third-order valence-electron chi connectivity index (χ3n) is 0.602. The first-order valence-corrected chi connectivity index (χ1v) is 2.41. The summed E-state index contributed by atoms with van der Waals surface area (Å²) >= 11 is 0. The van der Waals surface area contributed by atoms with Gasteiger partial charge in [-0.15, -0.1) is 0 Å². The monoisotopic (exact) mass is 102 g/mol. The van der Waals surface area contributed by atoms with E-state index in [0.29, 0.717) is 6.54 Å². The summed E-state index contributed by atoms with van der Waals surface area (Å²) in [6.45, 7) is 3.85. The van der Waals surface area contributed by atoms with Crippen molar-refractivity contribution in [3.05, 3.63) is 0 Å². The number of rotatable bonds is 2. The lowest BCUT2D eigenvalue weighted by atomic mass is 10.1. The van der Waals surface area contributed by atoms with Crippen LogP contribution in [0.4, 0.5) is 0 Å². The van der Waals surface area contributed by atoms with Crippen molar-refractivity contribution in [3.63, 3.8) is 0 Å². The minimum absolute atomic E-state index is 0.535. The molecule has 1 radical (unpaired) electrons. The van der Waals surface area contributed by atoms with Crippen LogP contribution in [0.25, 0.3) is 0 Å². The van der Waals surface area contributed by atoms with E-state index in [9.17, 15) is 5.11 Å².